The van der Waals surface area contributed by atoms with Gasteiger partial charge in [0.1, 0.15) is 5.01 Å². The molecule has 2 N–H and O–H groups in total. The van der Waals surface area contributed by atoms with Crippen LogP contribution in [0.15, 0.2) is 11.2 Å². The van der Waals surface area contributed by atoms with Gasteiger partial charge in [-0.15, -0.1) is 11.3 Å². The summed E-state index contributed by atoms with van der Waals surface area (Å²) >= 11 is 1.66. The van der Waals surface area contributed by atoms with Crippen molar-refractivity contribution in [1.82, 2.24) is 20.5 Å². The van der Waals surface area contributed by atoms with Gasteiger partial charge in [0.05, 0.1) is 12.0 Å². The second-order valence-corrected chi connectivity index (χ2v) is 7.92. The van der Waals surface area contributed by atoms with Crippen molar-refractivity contribution in [2.24, 2.45) is 10.4 Å². The van der Waals surface area contributed by atoms with Gasteiger partial charge in [-0.25, -0.2) is 9.98 Å². The topological polar surface area (TPSA) is 69.6 Å². The van der Waals surface area contributed by atoms with E-state index in [2.05, 4.69) is 20.6 Å². The lowest BCUT2D eigenvalue weighted by Crippen LogP contribution is -2.49. The highest BCUT2D eigenvalue weighted by atomic mass is 32.1. The molecule has 1 aliphatic carbocycles. The number of hydrogen-bond donors (Lipinski definition) is 2. The molecule has 1 aromatic heterocycles. The van der Waals surface area contributed by atoms with Crippen LogP contribution in [-0.4, -0.2) is 48.9 Å². The van der Waals surface area contributed by atoms with Crippen LogP contribution in [0.2, 0.25) is 0 Å². The van der Waals surface area contributed by atoms with Gasteiger partial charge in [0.25, 0.3) is 0 Å². The number of carbonyl (C=O) groups excluding carboxylic acids is 1. The van der Waals surface area contributed by atoms with Crippen LogP contribution in [-0.2, 0) is 11.3 Å². The van der Waals surface area contributed by atoms with Gasteiger partial charge in [0.2, 0.25) is 5.91 Å². The van der Waals surface area contributed by atoms with Crippen molar-refractivity contribution < 1.29 is 4.79 Å². The van der Waals surface area contributed by atoms with Crippen LogP contribution < -0.4 is 10.6 Å². The molecule has 134 valence electrons. The Kier molecular flexibility index (Phi) is 6.60. The molecule has 0 radical (unpaired) electrons. The first-order chi connectivity index (χ1) is 11.5. The third kappa shape index (κ3) is 4.69. The highest BCUT2D eigenvalue weighted by Gasteiger charge is 2.42. The predicted molar refractivity (Wildman–Crippen MR) is 99.3 cm³/mol. The second kappa shape index (κ2) is 8.46. The summed E-state index contributed by atoms with van der Waals surface area (Å²) in [6.45, 7) is 6.07. The van der Waals surface area contributed by atoms with Crippen LogP contribution in [0.1, 0.15) is 42.5 Å². The zero-order chi connectivity index (χ0) is 17.6. The highest BCUT2D eigenvalue weighted by molar-refractivity contribution is 7.11. The monoisotopic (exact) mass is 351 g/mol. The van der Waals surface area contributed by atoms with E-state index in [1.54, 1.807) is 16.2 Å². The maximum absolute atomic E-state index is 12.6. The smallest absolute Gasteiger partial charge is 0.230 e. The van der Waals surface area contributed by atoms with Gasteiger partial charge in [-0.1, -0.05) is 12.8 Å². The van der Waals surface area contributed by atoms with Gasteiger partial charge in [-0.05, 0) is 26.7 Å². The molecule has 1 fully saturated rings. The molecule has 2 rings (SSSR count). The van der Waals surface area contributed by atoms with E-state index < -0.39 is 0 Å². The Labute approximate surface area is 148 Å². The van der Waals surface area contributed by atoms with Crippen molar-refractivity contribution in [3.05, 3.63) is 16.1 Å². The first kappa shape index (κ1) is 18.7. The van der Waals surface area contributed by atoms with Gasteiger partial charge in [0.15, 0.2) is 5.96 Å². The number of aryl methyl sites for hydroxylation is 1. The molecule has 1 aromatic rings. The summed E-state index contributed by atoms with van der Waals surface area (Å²) in [5.41, 5.74) is -0.294. The molecule has 0 aliphatic heterocycles. The molecular formula is C17H29N5OS. The number of aromatic nitrogens is 1. The SMILES string of the molecule is CCNC(=NCc1ncc(C)s1)NCC1(C(=O)N(C)C)CCCC1. The van der Waals surface area contributed by atoms with E-state index in [-0.39, 0.29) is 11.3 Å². The summed E-state index contributed by atoms with van der Waals surface area (Å²) in [5.74, 6) is 0.974. The molecule has 0 spiro atoms. The van der Waals surface area contributed by atoms with Gasteiger partial charge in [0, 0.05) is 38.3 Å². The Morgan fingerprint density at radius 2 is 2.08 bits per heavy atom. The number of aliphatic imine (C=N–C) groups is 1. The lowest BCUT2D eigenvalue weighted by atomic mass is 9.84. The Hall–Kier alpha value is -1.63. The minimum Gasteiger partial charge on any atom is -0.357 e. The van der Waals surface area contributed by atoms with E-state index in [0.717, 1.165) is 43.2 Å². The number of rotatable bonds is 6. The Balaban J connectivity index is 2.02. The third-order valence-corrected chi connectivity index (χ3v) is 5.30. The third-order valence-electron chi connectivity index (χ3n) is 4.40. The number of carbonyl (C=O) groups is 1. The average molecular weight is 352 g/mol. The molecule has 6 nitrogen and oxygen atoms in total. The number of guanidine groups is 1. The molecular weight excluding hydrogens is 322 g/mol. The van der Waals surface area contributed by atoms with Gasteiger partial charge in [-0.2, -0.15) is 0 Å². The van der Waals surface area contributed by atoms with E-state index in [0.29, 0.717) is 13.1 Å². The number of nitrogens with zero attached hydrogens (tertiary/aromatic N) is 3. The van der Waals surface area contributed by atoms with Crippen molar-refractivity contribution >= 4 is 23.2 Å². The number of amides is 1. The van der Waals surface area contributed by atoms with Crippen molar-refractivity contribution in [3.8, 4) is 0 Å². The van der Waals surface area contributed by atoms with Crippen LogP contribution in [0.3, 0.4) is 0 Å². The Morgan fingerprint density at radius 3 is 2.62 bits per heavy atom. The fourth-order valence-electron chi connectivity index (χ4n) is 3.21. The van der Waals surface area contributed by atoms with Crippen molar-refractivity contribution in [2.45, 2.75) is 46.1 Å². The van der Waals surface area contributed by atoms with Crippen molar-refractivity contribution in [2.75, 3.05) is 27.2 Å². The van der Waals surface area contributed by atoms with Crippen LogP contribution in [0.4, 0.5) is 0 Å². The summed E-state index contributed by atoms with van der Waals surface area (Å²) in [6.07, 6.45) is 6.00. The summed E-state index contributed by atoms with van der Waals surface area (Å²) < 4.78 is 0. The van der Waals surface area contributed by atoms with Crippen LogP contribution >= 0.6 is 11.3 Å². The zero-order valence-corrected chi connectivity index (χ0v) is 16.0. The Morgan fingerprint density at radius 1 is 1.38 bits per heavy atom. The average Bonchev–Trinajstić information content (AvgIpc) is 3.19. The predicted octanol–water partition coefficient (Wildman–Crippen LogP) is 2.16. The van der Waals surface area contributed by atoms with Crippen molar-refractivity contribution in [3.63, 3.8) is 0 Å². The maximum atomic E-state index is 12.6. The van der Waals surface area contributed by atoms with Gasteiger partial charge < -0.3 is 15.5 Å². The largest absolute Gasteiger partial charge is 0.357 e. The summed E-state index contributed by atoms with van der Waals surface area (Å²) in [4.78, 5) is 24.5. The van der Waals surface area contributed by atoms with E-state index in [1.165, 1.54) is 4.88 Å². The first-order valence-electron chi connectivity index (χ1n) is 8.62. The summed E-state index contributed by atoms with van der Waals surface area (Å²) in [6, 6.07) is 0. The van der Waals surface area contributed by atoms with E-state index in [9.17, 15) is 4.79 Å². The molecule has 7 heteroatoms. The quantitative estimate of drug-likeness (QED) is 0.609. The fraction of sp³-hybridized carbons (Fsp3) is 0.706. The standard InChI is InChI=1S/C17H29N5OS/c1-5-18-16(20-11-14-19-10-13(2)24-14)21-12-17(8-6-7-9-17)15(23)22(3)4/h10H,5-9,11-12H2,1-4H3,(H2,18,20,21). The van der Waals surface area contributed by atoms with Gasteiger partial charge >= 0.3 is 0 Å². The normalized spacial score (nSPS) is 16.9. The minimum atomic E-state index is -0.294. The van der Waals surface area contributed by atoms with E-state index in [4.69, 9.17) is 0 Å². The lowest BCUT2D eigenvalue weighted by molar-refractivity contribution is -0.138. The molecule has 0 saturated heterocycles. The highest BCUT2D eigenvalue weighted by Crippen LogP contribution is 2.38. The maximum Gasteiger partial charge on any atom is 0.230 e. The van der Waals surface area contributed by atoms with Crippen molar-refractivity contribution in [1.29, 1.82) is 0 Å². The first-order valence-corrected chi connectivity index (χ1v) is 9.44. The van der Waals surface area contributed by atoms with Crippen LogP contribution in [0.25, 0.3) is 0 Å². The molecule has 1 saturated carbocycles. The molecule has 0 unspecified atom stereocenters. The van der Waals surface area contributed by atoms with E-state index in [1.807, 2.05) is 34.1 Å². The molecule has 1 amide bonds. The lowest BCUT2D eigenvalue weighted by Gasteiger charge is -2.31. The molecule has 24 heavy (non-hydrogen) atoms. The van der Waals surface area contributed by atoms with Gasteiger partial charge in [-0.3, -0.25) is 4.79 Å². The molecule has 1 aliphatic rings. The Bertz CT molecular complexity index is 575. The molecule has 0 aromatic carbocycles. The zero-order valence-electron chi connectivity index (χ0n) is 15.2. The van der Waals surface area contributed by atoms with Crippen LogP contribution in [0, 0.1) is 12.3 Å². The molecule has 0 bridgehead atoms. The number of hydrogen-bond acceptors (Lipinski definition) is 4. The second-order valence-electron chi connectivity index (χ2n) is 6.60. The number of nitrogens with one attached hydrogen (secondary N) is 2. The molecule has 0 atom stereocenters. The summed E-state index contributed by atoms with van der Waals surface area (Å²) in [5, 5.41) is 7.65. The minimum absolute atomic E-state index is 0.221. The summed E-state index contributed by atoms with van der Waals surface area (Å²) in [7, 11) is 3.68. The number of thiazole rings is 1. The van der Waals surface area contributed by atoms with Crippen LogP contribution in [0.5, 0.6) is 0 Å². The molecule has 1 heterocycles. The fourth-order valence-corrected chi connectivity index (χ4v) is 3.92. The van der Waals surface area contributed by atoms with E-state index >= 15 is 0 Å².